The van der Waals surface area contributed by atoms with E-state index in [4.69, 9.17) is 4.74 Å². The Balaban J connectivity index is 2.18. The SMILES string of the molecule is C=CCCCOC(C)[SiH2]c1ccccc1. The number of rotatable bonds is 7. The van der Waals surface area contributed by atoms with E-state index in [2.05, 4.69) is 43.8 Å². The van der Waals surface area contributed by atoms with Gasteiger partial charge in [-0.05, 0) is 19.8 Å². The van der Waals surface area contributed by atoms with Crippen LogP contribution in [0.15, 0.2) is 43.0 Å². The normalized spacial score (nSPS) is 13.1. The lowest BCUT2D eigenvalue weighted by atomic mass is 10.3. The molecule has 2 heteroatoms. The second kappa shape index (κ2) is 7.43. The van der Waals surface area contributed by atoms with Crippen LogP contribution in [0.1, 0.15) is 19.8 Å². The predicted octanol–water partition coefficient (Wildman–Crippen LogP) is 1.81. The monoisotopic (exact) mass is 220 g/mol. The molecule has 1 unspecified atom stereocenters. The predicted molar refractivity (Wildman–Crippen MR) is 69.5 cm³/mol. The Morgan fingerprint density at radius 2 is 2.13 bits per heavy atom. The average Bonchev–Trinajstić information content (AvgIpc) is 2.26. The van der Waals surface area contributed by atoms with Gasteiger partial charge in [0.15, 0.2) is 0 Å². The number of unbranched alkanes of at least 4 members (excludes halogenated alkanes) is 1. The van der Waals surface area contributed by atoms with Crippen LogP contribution < -0.4 is 5.19 Å². The van der Waals surface area contributed by atoms with Crippen LogP contribution in [0.5, 0.6) is 0 Å². The average molecular weight is 220 g/mol. The molecule has 0 aliphatic carbocycles. The van der Waals surface area contributed by atoms with Crippen LogP contribution in [-0.4, -0.2) is 21.9 Å². The minimum atomic E-state index is -0.269. The van der Waals surface area contributed by atoms with Crippen LogP contribution in [0, 0.1) is 0 Å². The molecule has 1 nitrogen and oxygen atoms in total. The molecule has 1 rings (SSSR count). The van der Waals surface area contributed by atoms with Crippen molar-refractivity contribution < 1.29 is 4.74 Å². The molecular formula is C13H20OSi. The Hall–Kier alpha value is -0.863. The number of benzene rings is 1. The third kappa shape index (κ3) is 5.55. The van der Waals surface area contributed by atoms with Crippen LogP contribution in [0.25, 0.3) is 0 Å². The summed E-state index contributed by atoms with van der Waals surface area (Å²) >= 11 is 0. The van der Waals surface area contributed by atoms with Gasteiger partial charge in [-0.1, -0.05) is 41.6 Å². The van der Waals surface area contributed by atoms with Gasteiger partial charge in [0.1, 0.15) is 0 Å². The first kappa shape index (κ1) is 12.2. The topological polar surface area (TPSA) is 9.23 Å². The number of hydrogen-bond acceptors (Lipinski definition) is 1. The highest BCUT2D eigenvalue weighted by molar-refractivity contribution is 6.54. The molecule has 0 saturated carbocycles. The summed E-state index contributed by atoms with van der Waals surface area (Å²) in [6, 6.07) is 10.7. The lowest BCUT2D eigenvalue weighted by molar-refractivity contribution is 0.115. The molecule has 0 heterocycles. The maximum Gasteiger partial charge on any atom is 0.0883 e. The Morgan fingerprint density at radius 3 is 2.80 bits per heavy atom. The molecule has 1 atom stereocenters. The van der Waals surface area contributed by atoms with Gasteiger partial charge in [-0.3, -0.25) is 0 Å². The number of allylic oxidation sites excluding steroid dienone is 1. The zero-order valence-electron chi connectivity index (χ0n) is 9.49. The Kier molecular flexibility index (Phi) is 6.05. The summed E-state index contributed by atoms with van der Waals surface area (Å²) in [4.78, 5) is 0. The van der Waals surface area contributed by atoms with Crippen molar-refractivity contribution in [3.63, 3.8) is 0 Å². The first-order chi connectivity index (χ1) is 7.33. The van der Waals surface area contributed by atoms with Gasteiger partial charge in [-0.2, -0.15) is 0 Å². The van der Waals surface area contributed by atoms with E-state index >= 15 is 0 Å². The van der Waals surface area contributed by atoms with Crippen molar-refractivity contribution in [3.05, 3.63) is 43.0 Å². The molecule has 0 fully saturated rings. The van der Waals surface area contributed by atoms with Crippen LogP contribution in [0.2, 0.25) is 0 Å². The van der Waals surface area contributed by atoms with E-state index in [9.17, 15) is 0 Å². The zero-order valence-corrected chi connectivity index (χ0v) is 10.9. The minimum Gasteiger partial charge on any atom is -0.382 e. The molecule has 0 spiro atoms. The zero-order chi connectivity index (χ0) is 10.9. The summed E-state index contributed by atoms with van der Waals surface area (Å²) in [7, 11) is -0.269. The molecule has 0 radical (unpaired) electrons. The van der Waals surface area contributed by atoms with E-state index in [0.29, 0.717) is 5.73 Å². The molecule has 0 saturated heterocycles. The van der Waals surface area contributed by atoms with Gasteiger partial charge < -0.3 is 4.74 Å². The van der Waals surface area contributed by atoms with Crippen molar-refractivity contribution >= 4 is 14.7 Å². The number of ether oxygens (including phenoxy) is 1. The third-order valence-corrected chi connectivity index (χ3v) is 4.07. The largest absolute Gasteiger partial charge is 0.382 e. The molecule has 82 valence electrons. The molecule has 15 heavy (non-hydrogen) atoms. The summed E-state index contributed by atoms with van der Waals surface area (Å²) < 4.78 is 5.76. The van der Waals surface area contributed by atoms with E-state index in [-0.39, 0.29) is 9.52 Å². The fourth-order valence-corrected chi connectivity index (χ4v) is 3.01. The third-order valence-electron chi connectivity index (χ3n) is 2.32. The van der Waals surface area contributed by atoms with Crippen molar-refractivity contribution in [2.75, 3.05) is 6.61 Å². The van der Waals surface area contributed by atoms with Crippen molar-refractivity contribution in [2.24, 2.45) is 0 Å². The minimum absolute atomic E-state index is 0.269. The van der Waals surface area contributed by atoms with Crippen LogP contribution in [0.4, 0.5) is 0 Å². The van der Waals surface area contributed by atoms with Crippen molar-refractivity contribution in [3.8, 4) is 0 Å². The number of hydrogen-bond donors (Lipinski definition) is 0. The summed E-state index contributed by atoms with van der Waals surface area (Å²) in [5.41, 5.74) is 0.442. The maximum absolute atomic E-state index is 5.76. The van der Waals surface area contributed by atoms with Gasteiger partial charge in [0.2, 0.25) is 0 Å². The molecule has 1 aromatic rings. The first-order valence-corrected chi connectivity index (χ1v) is 7.11. The lowest BCUT2D eigenvalue weighted by Crippen LogP contribution is -2.28. The Labute approximate surface area is 95.0 Å². The van der Waals surface area contributed by atoms with Crippen LogP contribution in [0.3, 0.4) is 0 Å². The van der Waals surface area contributed by atoms with E-state index in [0.717, 1.165) is 19.4 Å². The van der Waals surface area contributed by atoms with Gasteiger partial charge >= 0.3 is 0 Å². The quantitative estimate of drug-likeness (QED) is 0.387. The first-order valence-electron chi connectivity index (χ1n) is 5.59. The second-order valence-electron chi connectivity index (χ2n) is 3.80. The molecular weight excluding hydrogens is 200 g/mol. The summed E-state index contributed by atoms with van der Waals surface area (Å²) in [6.07, 6.45) is 4.10. The van der Waals surface area contributed by atoms with Crippen LogP contribution in [-0.2, 0) is 4.74 Å². The van der Waals surface area contributed by atoms with E-state index in [1.54, 1.807) is 0 Å². The van der Waals surface area contributed by atoms with Gasteiger partial charge in [0.25, 0.3) is 0 Å². The molecule has 0 amide bonds. The van der Waals surface area contributed by atoms with E-state index in [1.807, 2.05) is 6.08 Å². The summed E-state index contributed by atoms with van der Waals surface area (Å²) in [5.74, 6) is 0. The van der Waals surface area contributed by atoms with Crippen molar-refractivity contribution in [1.29, 1.82) is 0 Å². The van der Waals surface area contributed by atoms with Crippen molar-refractivity contribution in [2.45, 2.75) is 25.5 Å². The molecule has 0 bridgehead atoms. The maximum atomic E-state index is 5.76. The summed E-state index contributed by atoms with van der Waals surface area (Å²) in [5, 5.41) is 1.48. The molecule has 0 aliphatic rings. The Morgan fingerprint density at radius 1 is 1.40 bits per heavy atom. The van der Waals surface area contributed by atoms with Gasteiger partial charge in [-0.25, -0.2) is 0 Å². The van der Waals surface area contributed by atoms with E-state index in [1.165, 1.54) is 5.19 Å². The smallest absolute Gasteiger partial charge is 0.0883 e. The fourth-order valence-electron chi connectivity index (χ4n) is 1.52. The van der Waals surface area contributed by atoms with Gasteiger partial charge in [0, 0.05) is 12.3 Å². The second-order valence-corrected chi connectivity index (χ2v) is 6.18. The van der Waals surface area contributed by atoms with E-state index < -0.39 is 0 Å². The highest BCUT2D eigenvalue weighted by Crippen LogP contribution is 1.95. The lowest BCUT2D eigenvalue weighted by Gasteiger charge is -2.11. The standard InChI is InChI=1S/C13H20OSi/c1-3-4-8-11-14-12(2)15-13-9-6-5-7-10-13/h3,5-7,9-10,12H,1,4,8,11,15H2,2H3. The van der Waals surface area contributed by atoms with Gasteiger partial charge in [0.05, 0.1) is 9.52 Å². The molecule has 0 N–H and O–H groups in total. The highest BCUT2D eigenvalue weighted by Gasteiger charge is 2.03. The molecule has 0 aliphatic heterocycles. The highest BCUT2D eigenvalue weighted by atomic mass is 28.2. The van der Waals surface area contributed by atoms with Crippen LogP contribution >= 0.6 is 0 Å². The summed E-state index contributed by atoms with van der Waals surface area (Å²) in [6.45, 7) is 6.75. The fraction of sp³-hybridized carbons (Fsp3) is 0.385. The molecule has 0 aromatic heterocycles. The van der Waals surface area contributed by atoms with Crippen molar-refractivity contribution in [1.82, 2.24) is 0 Å². The van der Waals surface area contributed by atoms with Gasteiger partial charge in [-0.15, -0.1) is 6.58 Å². The molecule has 1 aromatic carbocycles. The Bertz CT molecular complexity index is 271.